The van der Waals surface area contributed by atoms with Crippen molar-refractivity contribution in [2.24, 2.45) is 0 Å². The van der Waals surface area contributed by atoms with E-state index in [-0.39, 0.29) is 0 Å². The Labute approximate surface area is 120 Å². The summed E-state index contributed by atoms with van der Waals surface area (Å²) in [4.78, 5) is 0. The third-order valence-electron chi connectivity index (χ3n) is 4.48. The van der Waals surface area contributed by atoms with Gasteiger partial charge in [0.15, 0.2) is 0 Å². The second kappa shape index (κ2) is 8.21. The Hall–Kier alpha value is -1.02. The molecule has 0 aromatic rings. The van der Waals surface area contributed by atoms with Crippen LogP contribution in [0, 0.1) is 0 Å². The maximum Gasteiger partial charge on any atom is 0.0843 e. The molecule has 2 heteroatoms. The Morgan fingerprint density at radius 3 is 2.11 bits per heavy atom. The molecule has 2 nitrogen and oxygen atoms in total. The Morgan fingerprint density at radius 2 is 1.74 bits per heavy atom. The minimum Gasteiger partial charge on any atom is -0.363 e. The summed E-state index contributed by atoms with van der Waals surface area (Å²) >= 11 is 0. The second-order valence-corrected chi connectivity index (χ2v) is 5.66. The Morgan fingerprint density at radius 1 is 1.21 bits per heavy atom. The van der Waals surface area contributed by atoms with Crippen LogP contribution in [-0.2, 0) is 0 Å². The third kappa shape index (κ3) is 5.23. The van der Waals surface area contributed by atoms with Gasteiger partial charge in [0.25, 0.3) is 0 Å². The summed E-state index contributed by atoms with van der Waals surface area (Å²) in [5, 5.41) is 3.39. The molecular formula is C17H33N2+. The summed E-state index contributed by atoms with van der Waals surface area (Å²) in [5.41, 5.74) is 3.43. The zero-order valence-electron chi connectivity index (χ0n) is 13.8. The topological polar surface area (TPSA) is 12.0 Å². The lowest BCUT2D eigenvalue weighted by atomic mass is 10.1. The van der Waals surface area contributed by atoms with Gasteiger partial charge in [-0.05, 0) is 47.1 Å². The number of nitrogens with one attached hydrogen (secondary N) is 1. The smallest absolute Gasteiger partial charge is 0.0843 e. The van der Waals surface area contributed by atoms with Gasteiger partial charge in [-0.2, -0.15) is 0 Å². The Kier molecular flexibility index (Phi) is 7.77. The van der Waals surface area contributed by atoms with Gasteiger partial charge < -0.3 is 9.80 Å². The molecule has 0 amide bonds. The molecule has 0 aliphatic carbocycles. The van der Waals surface area contributed by atoms with Crippen molar-refractivity contribution in [3.63, 3.8) is 0 Å². The van der Waals surface area contributed by atoms with Crippen molar-refractivity contribution in [1.29, 1.82) is 0 Å². The molecule has 0 bridgehead atoms. The van der Waals surface area contributed by atoms with Gasteiger partial charge in [0, 0.05) is 17.8 Å². The zero-order chi connectivity index (χ0) is 15.1. The lowest BCUT2D eigenvalue weighted by Crippen LogP contribution is -2.53. The van der Waals surface area contributed by atoms with Crippen molar-refractivity contribution >= 4 is 0 Å². The molecule has 0 heterocycles. The van der Waals surface area contributed by atoms with Crippen molar-refractivity contribution in [3.05, 3.63) is 36.2 Å². The summed E-state index contributed by atoms with van der Waals surface area (Å²) in [7, 11) is 0. The van der Waals surface area contributed by atoms with Gasteiger partial charge in [-0.25, -0.2) is 0 Å². The van der Waals surface area contributed by atoms with E-state index in [1.807, 2.05) is 6.08 Å². The maximum atomic E-state index is 4.15. The molecule has 0 fully saturated rings. The van der Waals surface area contributed by atoms with Crippen LogP contribution in [0.4, 0.5) is 0 Å². The Bertz CT molecular complexity index is 333. The van der Waals surface area contributed by atoms with Crippen LogP contribution in [0.3, 0.4) is 0 Å². The minimum atomic E-state index is 0.661. The molecule has 0 saturated heterocycles. The van der Waals surface area contributed by atoms with Crippen LogP contribution in [0.2, 0.25) is 0 Å². The van der Waals surface area contributed by atoms with Gasteiger partial charge in [0.1, 0.15) is 0 Å². The van der Waals surface area contributed by atoms with E-state index in [9.17, 15) is 0 Å². The predicted octanol–water partition coefficient (Wildman–Crippen LogP) is 4.22. The average Bonchev–Trinajstić information content (AvgIpc) is 2.39. The van der Waals surface area contributed by atoms with Crippen molar-refractivity contribution in [2.75, 3.05) is 19.6 Å². The lowest BCUT2D eigenvalue weighted by molar-refractivity contribution is -0.944. The van der Waals surface area contributed by atoms with Gasteiger partial charge in [0.05, 0.1) is 25.7 Å². The van der Waals surface area contributed by atoms with Gasteiger partial charge in [-0.3, -0.25) is 0 Å². The lowest BCUT2D eigenvalue weighted by Gasteiger charge is -2.41. The summed E-state index contributed by atoms with van der Waals surface area (Å²) in [6.07, 6.45) is 2.89. The van der Waals surface area contributed by atoms with E-state index >= 15 is 0 Å². The van der Waals surface area contributed by atoms with E-state index in [1.165, 1.54) is 18.7 Å². The van der Waals surface area contributed by atoms with E-state index in [2.05, 4.69) is 60.0 Å². The fraction of sp³-hybridized carbons (Fsp3) is 0.647. The number of nitrogens with zero attached hydrogens (tertiary/aromatic N) is 1. The summed E-state index contributed by atoms with van der Waals surface area (Å²) in [5.74, 6) is 0. The van der Waals surface area contributed by atoms with Crippen LogP contribution < -0.4 is 5.32 Å². The van der Waals surface area contributed by atoms with E-state index in [0.717, 1.165) is 28.8 Å². The highest BCUT2D eigenvalue weighted by atomic mass is 15.4. The molecule has 0 aromatic carbocycles. The van der Waals surface area contributed by atoms with Gasteiger partial charge in [-0.1, -0.05) is 19.2 Å². The van der Waals surface area contributed by atoms with Crippen molar-refractivity contribution < 1.29 is 4.48 Å². The highest BCUT2D eigenvalue weighted by Gasteiger charge is 2.26. The first-order valence-corrected chi connectivity index (χ1v) is 7.43. The molecule has 0 saturated carbocycles. The van der Waals surface area contributed by atoms with Crippen molar-refractivity contribution in [3.8, 4) is 0 Å². The number of quaternary nitrogens is 1. The largest absolute Gasteiger partial charge is 0.363 e. The molecule has 0 unspecified atom stereocenters. The first kappa shape index (κ1) is 18.0. The van der Waals surface area contributed by atoms with E-state index in [1.54, 1.807) is 0 Å². The van der Waals surface area contributed by atoms with E-state index in [4.69, 9.17) is 0 Å². The average molecular weight is 265 g/mol. The number of hydrogen-bond acceptors (Lipinski definition) is 1. The quantitative estimate of drug-likeness (QED) is 0.486. The molecule has 1 N–H and O–H groups in total. The normalized spacial score (nSPS) is 13.2. The van der Waals surface area contributed by atoms with Crippen LogP contribution in [0.25, 0.3) is 0 Å². The van der Waals surface area contributed by atoms with E-state index < -0.39 is 0 Å². The molecule has 0 radical (unpaired) electrons. The molecule has 19 heavy (non-hydrogen) atoms. The van der Waals surface area contributed by atoms with Gasteiger partial charge in [0.2, 0.25) is 0 Å². The van der Waals surface area contributed by atoms with Crippen LogP contribution in [0.15, 0.2) is 36.2 Å². The SMILES string of the molecule is C=C/C(C)=C(\C)NC(=C)CC[N+](CC)(CC)C(C)C. The number of hydrogen-bond donors (Lipinski definition) is 1. The van der Waals surface area contributed by atoms with Crippen LogP contribution in [0.5, 0.6) is 0 Å². The molecule has 0 aromatic heterocycles. The third-order valence-corrected chi connectivity index (χ3v) is 4.48. The minimum absolute atomic E-state index is 0.661. The standard InChI is InChI=1S/C17H33N2/c1-9-15(6)17(8)18-16(7)12-13-19(10-2,11-3)14(4)5/h9,14,18H,1,7,10-13H2,2-6,8H3/q+1/b17-15+. The highest BCUT2D eigenvalue weighted by Crippen LogP contribution is 2.16. The van der Waals surface area contributed by atoms with Crippen LogP contribution in [0.1, 0.15) is 48.0 Å². The summed E-state index contributed by atoms with van der Waals surface area (Å²) in [6, 6.07) is 0.661. The Balaban J connectivity index is 4.55. The first-order valence-electron chi connectivity index (χ1n) is 7.43. The molecule has 110 valence electrons. The van der Waals surface area contributed by atoms with Gasteiger partial charge in [-0.15, -0.1) is 0 Å². The molecule has 0 rings (SSSR count). The monoisotopic (exact) mass is 265 g/mol. The van der Waals surface area contributed by atoms with Crippen molar-refractivity contribution in [2.45, 2.75) is 54.0 Å². The molecule has 0 aliphatic heterocycles. The number of rotatable bonds is 9. The van der Waals surface area contributed by atoms with Crippen LogP contribution in [-0.4, -0.2) is 30.2 Å². The predicted molar refractivity (Wildman–Crippen MR) is 86.8 cm³/mol. The molecular weight excluding hydrogens is 232 g/mol. The zero-order valence-corrected chi connectivity index (χ0v) is 13.8. The van der Waals surface area contributed by atoms with Gasteiger partial charge >= 0.3 is 0 Å². The van der Waals surface area contributed by atoms with Crippen molar-refractivity contribution in [1.82, 2.24) is 5.32 Å². The maximum absolute atomic E-state index is 4.15. The summed E-state index contributed by atoms with van der Waals surface area (Å²) < 4.78 is 1.16. The fourth-order valence-corrected chi connectivity index (χ4v) is 2.47. The molecule has 0 aliphatic rings. The highest BCUT2D eigenvalue weighted by molar-refractivity contribution is 5.21. The fourth-order valence-electron chi connectivity index (χ4n) is 2.47. The van der Waals surface area contributed by atoms with Crippen LogP contribution >= 0.6 is 0 Å². The number of allylic oxidation sites excluding steroid dienone is 3. The second-order valence-electron chi connectivity index (χ2n) is 5.66. The van der Waals surface area contributed by atoms with E-state index in [0.29, 0.717) is 6.04 Å². The molecule has 0 atom stereocenters. The molecule has 0 spiro atoms. The first-order chi connectivity index (χ1) is 8.82. The summed E-state index contributed by atoms with van der Waals surface area (Å²) in [6.45, 7) is 24.8.